The molecule has 0 saturated heterocycles. The van der Waals surface area contributed by atoms with Gasteiger partial charge in [0.25, 0.3) is 11.5 Å². The lowest BCUT2D eigenvalue weighted by Gasteiger charge is -2.32. The fourth-order valence-electron chi connectivity index (χ4n) is 2.99. The summed E-state index contributed by atoms with van der Waals surface area (Å²) < 4.78 is 146. The summed E-state index contributed by atoms with van der Waals surface area (Å²) in [6.07, 6.45) is -20.9. The zero-order valence-electron chi connectivity index (χ0n) is 19.3. The van der Waals surface area contributed by atoms with E-state index in [0.29, 0.717) is 17.7 Å². The Labute approximate surface area is 216 Å². The fraction of sp³-hybridized carbons (Fsp3) is 0.273. The van der Waals surface area contributed by atoms with Crippen LogP contribution in [0.25, 0.3) is 0 Å². The topological polar surface area (TPSA) is 92.0 Å². The van der Waals surface area contributed by atoms with Gasteiger partial charge in [-0.1, -0.05) is 24.3 Å². The zero-order chi connectivity index (χ0) is 29.9. The Morgan fingerprint density at radius 1 is 0.850 bits per heavy atom. The standard InChI is InChI=1S/C22H14F11N5O2/c23-15-9-16(35-13-5-3-12(4-6-13)19(39,21(28,29)30)22(31,32)33)37-18(36-15)38-34-10-11-1-7-14(8-2-11)40-20(26,27)17(24)25/h1-9,17,39H,10H2,(H,35,36,37). The minimum Gasteiger partial charge on any atom is -0.428 e. The molecule has 0 radical (unpaired) electrons. The van der Waals surface area contributed by atoms with Crippen molar-refractivity contribution in [2.75, 3.05) is 5.32 Å². The molecule has 0 bridgehead atoms. The molecule has 0 aliphatic rings. The number of nitrogens with one attached hydrogen (secondary N) is 1. The molecule has 18 heteroatoms. The predicted molar refractivity (Wildman–Crippen MR) is 114 cm³/mol. The van der Waals surface area contributed by atoms with Crippen LogP contribution in [0.3, 0.4) is 0 Å². The number of hydrogen-bond acceptors (Lipinski definition) is 7. The molecular formula is C22H14F11N5O2. The first-order valence-electron chi connectivity index (χ1n) is 10.5. The van der Waals surface area contributed by atoms with E-state index < -0.39 is 53.7 Å². The number of rotatable bonds is 9. The minimum atomic E-state index is -6.07. The highest BCUT2D eigenvalue weighted by atomic mass is 19.4. The van der Waals surface area contributed by atoms with E-state index in [4.69, 9.17) is 0 Å². The second kappa shape index (κ2) is 11.2. The number of alkyl halides is 10. The molecule has 7 nitrogen and oxygen atoms in total. The summed E-state index contributed by atoms with van der Waals surface area (Å²) in [6.45, 7) is -0.225. The van der Waals surface area contributed by atoms with E-state index in [-0.39, 0.29) is 18.1 Å². The van der Waals surface area contributed by atoms with Crippen molar-refractivity contribution in [3.63, 3.8) is 0 Å². The molecule has 2 aromatic carbocycles. The number of azo groups is 1. The molecule has 0 aliphatic heterocycles. The highest BCUT2D eigenvalue weighted by Gasteiger charge is 2.71. The van der Waals surface area contributed by atoms with Gasteiger partial charge in [-0.15, -0.1) is 5.11 Å². The molecule has 0 spiro atoms. The molecule has 216 valence electrons. The molecule has 3 rings (SSSR count). The summed E-state index contributed by atoms with van der Waals surface area (Å²) in [4.78, 5) is 7.12. The van der Waals surface area contributed by atoms with E-state index in [2.05, 4.69) is 30.3 Å². The SMILES string of the molecule is OC(c1ccc(Nc2cc(F)nc(N=NCc3ccc(OC(F)(F)C(F)F)cc3)n2)cc1)(C(F)(F)F)C(F)(F)F. The quantitative estimate of drug-likeness (QED) is 0.157. The monoisotopic (exact) mass is 589 g/mol. The predicted octanol–water partition coefficient (Wildman–Crippen LogP) is 7.19. The Kier molecular flexibility index (Phi) is 8.51. The molecule has 0 saturated carbocycles. The maximum atomic E-state index is 13.9. The molecule has 0 unspecified atom stereocenters. The van der Waals surface area contributed by atoms with E-state index in [0.717, 1.165) is 30.3 Å². The van der Waals surface area contributed by atoms with Gasteiger partial charge in [-0.2, -0.15) is 63.4 Å². The van der Waals surface area contributed by atoms with Gasteiger partial charge in [-0.25, -0.2) is 0 Å². The zero-order valence-corrected chi connectivity index (χ0v) is 19.3. The number of hydrogen-bond donors (Lipinski definition) is 2. The molecule has 3 aromatic rings. The number of nitrogens with zero attached hydrogens (tertiary/aromatic N) is 4. The number of anilines is 2. The molecule has 40 heavy (non-hydrogen) atoms. The maximum Gasteiger partial charge on any atom is 0.461 e. The average molecular weight is 589 g/mol. The van der Waals surface area contributed by atoms with Crippen molar-refractivity contribution in [1.82, 2.24) is 9.97 Å². The van der Waals surface area contributed by atoms with Crippen molar-refractivity contribution in [2.45, 2.75) is 37.0 Å². The summed E-state index contributed by atoms with van der Waals surface area (Å²) in [6, 6.07) is 7.32. The van der Waals surface area contributed by atoms with E-state index in [1.165, 1.54) is 12.1 Å². The van der Waals surface area contributed by atoms with Crippen molar-refractivity contribution >= 4 is 17.5 Å². The Balaban J connectivity index is 1.70. The highest BCUT2D eigenvalue weighted by Crippen LogP contribution is 2.50. The number of aliphatic hydroxyl groups is 1. The van der Waals surface area contributed by atoms with Crippen LogP contribution in [0.5, 0.6) is 5.75 Å². The molecule has 0 aliphatic carbocycles. The summed E-state index contributed by atoms with van der Waals surface area (Å²) in [5.74, 6) is -2.57. The summed E-state index contributed by atoms with van der Waals surface area (Å²) >= 11 is 0. The van der Waals surface area contributed by atoms with E-state index in [1.807, 2.05) is 0 Å². The smallest absolute Gasteiger partial charge is 0.428 e. The van der Waals surface area contributed by atoms with Crippen molar-refractivity contribution in [1.29, 1.82) is 0 Å². The summed E-state index contributed by atoms with van der Waals surface area (Å²) in [7, 11) is 0. The maximum absolute atomic E-state index is 13.9. The third-order valence-corrected chi connectivity index (χ3v) is 4.92. The van der Waals surface area contributed by atoms with Crippen LogP contribution < -0.4 is 10.1 Å². The van der Waals surface area contributed by atoms with E-state index in [1.54, 1.807) is 0 Å². The molecule has 1 heterocycles. The van der Waals surface area contributed by atoms with Gasteiger partial charge in [0.1, 0.15) is 11.6 Å². The van der Waals surface area contributed by atoms with Crippen molar-refractivity contribution in [3.8, 4) is 5.75 Å². The number of ether oxygens (including phenoxy) is 1. The van der Waals surface area contributed by atoms with Gasteiger partial charge < -0.3 is 15.2 Å². The molecule has 0 amide bonds. The van der Waals surface area contributed by atoms with Crippen LogP contribution in [0.15, 0.2) is 64.8 Å². The van der Waals surface area contributed by atoms with Gasteiger partial charge in [0, 0.05) is 17.3 Å². The summed E-state index contributed by atoms with van der Waals surface area (Å²) in [5.41, 5.74) is -6.44. The van der Waals surface area contributed by atoms with Crippen LogP contribution in [0.1, 0.15) is 11.1 Å². The van der Waals surface area contributed by atoms with Gasteiger partial charge in [0.05, 0.1) is 6.54 Å². The van der Waals surface area contributed by atoms with Crippen LogP contribution in [-0.4, -0.2) is 40.0 Å². The normalized spacial score (nSPS) is 13.2. The molecule has 0 atom stereocenters. The van der Waals surface area contributed by atoms with Crippen molar-refractivity contribution in [3.05, 3.63) is 71.7 Å². The third-order valence-electron chi connectivity index (χ3n) is 4.92. The first kappa shape index (κ1) is 30.5. The van der Waals surface area contributed by atoms with Gasteiger partial charge >= 0.3 is 24.9 Å². The minimum absolute atomic E-state index is 0.142. The fourth-order valence-corrected chi connectivity index (χ4v) is 2.99. The van der Waals surface area contributed by atoms with Crippen molar-refractivity contribution in [2.24, 2.45) is 10.2 Å². The van der Waals surface area contributed by atoms with Gasteiger partial charge in [-0.05, 0) is 29.8 Å². The van der Waals surface area contributed by atoms with Crippen LogP contribution in [0.4, 0.5) is 65.7 Å². The Morgan fingerprint density at radius 3 is 1.95 bits per heavy atom. The lowest BCUT2D eigenvalue weighted by molar-refractivity contribution is -0.376. The lowest BCUT2D eigenvalue weighted by Crippen LogP contribution is -2.53. The van der Waals surface area contributed by atoms with Crippen LogP contribution in [0, 0.1) is 5.95 Å². The first-order valence-corrected chi connectivity index (χ1v) is 10.5. The largest absolute Gasteiger partial charge is 0.461 e. The van der Waals surface area contributed by atoms with Crippen LogP contribution in [0.2, 0.25) is 0 Å². The molecule has 0 fully saturated rings. The van der Waals surface area contributed by atoms with Crippen LogP contribution in [-0.2, 0) is 12.1 Å². The Morgan fingerprint density at radius 2 is 1.43 bits per heavy atom. The Bertz CT molecular complexity index is 1310. The molecule has 2 N–H and O–H groups in total. The van der Waals surface area contributed by atoms with Gasteiger partial charge in [0.2, 0.25) is 5.95 Å². The summed E-state index contributed by atoms with van der Waals surface area (Å²) in [5, 5.41) is 19.1. The Hall–Kier alpha value is -4.09. The second-order valence-electron chi connectivity index (χ2n) is 7.79. The van der Waals surface area contributed by atoms with Crippen molar-refractivity contribution < 1.29 is 58.1 Å². The average Bonchev–Trinajstić information content (AvgIpc) is 2.83. The number of halogens is 11. The number of aromatic nitrogens is 2. The highest BCUT2D eigenvalue weighted by molar-refractivity contribution is 5.57. The molecule has 1 aromatic heterocycles. The first-order chi connectivity index (χ1) is 18.4. The van der Waals surface area contributed by atoms with Gasteiger partial charge in [-0.3, -0.25) is 0 Å². The van der Waals surface area contributed by atoms with E-state index >= 15 is 0 Å². The number of benzene rings is 2. The third kappa shape index (κ3) is 6.91. The van der Waals surface area contributed by atoms with Crippen LogP contribution >= 0.6 is 0 Å². The molecular weight excluding hydrogens is 575 g/mol. The van der Waals surface area contributed by atoms with E-state index in [9.17, 15) is 53.4 Å². The second-order valence-corrected chi connectivity index (χ2v) is 7.79. The van der Waals surface area contributed by atoms with Gasteiger partial charge in [0.15, 0.2) is 0 Å². The lowest BCUT2D eigenvalue weighted by atomic mass is 9.92.